The van der Waals surface area contributed by atoms with Crippen molar-refractivity contribution in [2.24, 2.45) is 0 Å². The molecule has 0 heterocycles. The third kappa shape index (κ3) is 6.91. The first kappa shape index (κ1) is 17.0. The van der Waals surface area contributed by atoms with Gasteiger partial charge in [-0.2, -0.15) is 0 Å². The van der Waals surface area contributed by atoms with Crippen LogP contribution in [0.1, 0.15) is 20.3 Å². The van der Waals surface area contributed by atoms with E-state index in [1.807, 2.05) is 6.92 Å². The van der Waals surface area contributed by atoms with E-state index in [9.17, 15) is 9.18 Å². The Bertz CT molecular complexity index is 397. The fraction of sp³-hybridized carbons (Fsp3) is 0.533. The highest BCUT2D eigenvalue weighted by molar-refractivity contribution is 7.99. The molecule has 0 aliphatic carbocycles. The molecule has 5 heteroatoms. The van der Waals surface area contributed by atoms with Crippen molar-refractivity contribution in [3.05, 3.63) is 30.1 Å². The minimum absolute atomic E-state index is 0.173. The number of nitrogens with zero attached hydrogens (tertiary/aromatic N) is 1. The monoisotopic (exact) mass is 299 g/mol. The molecule has 0 aliphatic rings. The molecule has 1 rings (SSSR count). The second-order valence-corrected chi connectivity index (χ2v) is 5.55. The van der Waals surface area contributed by atoms with Crippen molar-refractivity contribution in [2.75, 3.05) is 32.0 Å². The molecule has 0 atom stereocenters. The number of ether oxygens (including phenoxy) is 1. The molecule has 1 aromatic rings. The van der Waals surface area contributed by atoms with Gasteiger partial charge in [-0.05, 0) is 44.2 Å². The second kappa shape index (κ2) is 9.77. The van der Waals surface area contributed by atoms with Crippen LogP contribution in [0, 0.1) is 5.82 Å². The van der Waals surface area contributed by atoms with Crippen LogP contribution in [0.5, 0.6) is 0 Å². The molecule has 0 radical (unpaired) electrons. The number of benzene rings is 1. The van der Waals surface area contributed by atoms with Gasteiger partial charge in [0.15, 0.2) is 0 Å². The van der Waals surface area contributed by atoms with Crippen molar-refractivity contribution in [2.45, 2.75) is 25.2 Å². The maximum Gasteiger partial charge on any atom is 0.320 e. The number of thioether (sulfide) groups is 1. The van der Waals surface area contributed by atoms with Gasteiger partial charge in [-0.15, -0.1) is 11.8 Å². The molecular weight excluding hydrogens is 277 g/mol. The van der Waals surface area contributed by atoms with E-state index in [0.717, 1.165) is 30.2 Å². The lowest BCUT2D eigenvalue weighted by Gasteiger charge is -2.20. The summed E-state index contributed by atoms with van der Waals surface area (Å²) in [5.74, 6) is 0.474. The maximum absolute atomic E-state index is 12.8. The molecule has 0 amide bonds. The van der Waals surface area contributed by atoms with Gasteiger partial charge in [0.1, 0.15) is 5.82 Å². The van der Waals surface area contributed by atoms with Gasteiger partial charge in [-0.3, -0.25) is 9.69 Å². The van der Waals surface area contributed by atoms with Crippen molar-refractivity contribution in [3.63, 3.8) is 0 Å². The van der Waals surface area contributed by atoms with E-state index in [1.165, 1.54) is 12.1 Å². The zero-order chi connectivity index (χ0) is 14.8. The molecule has 0 spiro atoms. The highest BCUT2D eigenvalue weighted by atomic mass is 32.2. The Morgan fingerprint density at radius 3 is 2.55 bits per heavy atom. The van der Waals surface area contributed by atoms with E-state index in [2.05, 4.69) is 11.8 Å². The number of hydrogen-bond donors (Lipinski definition) is 0. The average Bonchev–Trinajstić information content (AvgIpc) is 2.41. The quantitative estimate of drug-likeness (QED) is 0.517. The molecule has 112 valence electrons. The van der Waals surface area contributed by atoms with Crippen LogP contribution in [0.2, 0.25) is 0 Å². The fourth-order valence-electron chi connectivity index (χ4n) is 1.80. The zero-order valence-electron chi connectivity index (χ0n) is 12.1. The van der Waals surface area contributed by atoms with E-state index in [4.69, 9.17) is 4.74 Å². The summed E-state index contributed by atoms with van der Waals surface area (Å²) in [5.41, 5.74) is 0. The van der Waals surface area contributed by atoms with E-state index in [-0.39, 0.29) is 11.8 Å². The second-order valence-electron chi connectivity index (χ2n) is 4.38. The van der Waals surface area contributed by atoms with E-state index >= 15 is 0 Å². The van der Waals surface area contributed by atoms with Crippen LogP contribution in [0.25, 0.3) is 0 Å². The highest BCUT2D eigenvalue weighted by Crippen LogP contribution is 2.18. The predicted molar refractivity (Wildman–Crippen MR) is 80.5 cm³/mol. The van der Waals surface area contributed by atoms with Gasteiger partial charge in [0, 0.05) is 17.2 Å². The van der Waals surface area contributed by atoms with Crippen LogP contribution in [-0.2, 0) is 9.53 Å². The summed E-state index contributed by atoms with van der Waals surface area (Å²) in [7, 11) is 0. The van der Waals surface area contributed by atoms with Crippen molar-refractivity contribution in [3.8, 4) is 0 Å². The lowest BCUT2D eigenvalue weighted by molar-refractivity contribution is -0.144. The van der Waals surface area contributed by atoms with Crippen molar-refractivity contribution in [1.82, 2.24) is 4.90 Å². The molecule has 0 aromatic heterocycles. The minimum atomic E-state index is -0.218. The van der Waals surface area contributed by atoms with E-state index in [1.54, 1.807) is 23.9 Å². The van der Waals surface area contributed by atoms with Crippen LogP contribution >= 0.6 is 11.8 Å². The lowest BCUT2D eigenvalue weighted by Crippen LogP contribution is -2.33. The Kier molecular flexibility index (Phi) is 8.30. The maximum atomic E-state index is 12.8. The Labute approximate surface area is 124 Å². The first-order chi connectivity index (χ1) is 9.65. The van der Waals surface area contributed by atoms with Crippen LogP contribution in [0.3, 0.4) is 0 Å². The van der Waals surface area contributed by atoms with Crippen molar-refractivity contribution in [1.29, 1.82) is 0 Å². The third-order valence-corrected chi connectivity index (χ3v) is 3.68. The van der Waals surface area contributed by atoms with Crippen LogP contribution < -0.4 is 0 Å². The van der Waals surface area contributed by atoms with Crippen LogP contribution in [-0.4, -0.2) is 42.9 Å². The molecule has 0 N–H and O–H groups in total. The standard InChI is InChI=1S/C15H22FNO2S/c1-3-9-17(12-15(18)19-4-2)10-11-20-14-7-5-13(16)6-8-14/h5-8H,3-4,9-12H2,1-2H3. The molecule has 1 aromatic carbocycles. The fourth-order valence-corrected chi connectivity index (χ4v) is 2.71. The van der Waals surface area contributed by atoms with Crippen molar-refractivity contribution < 1.29 is 13.9 Å². The average molecular weight is 299 g/mol. The van der Waals surface area contributed by atoms with Gasteiger partial charge in [-0.1, -0.05) is 6.92 Å². The predicted octanol–water partition coefficient (Wildman–Crippen LogP) is 3.19. The summed E-state index contributed by atoms with van der Waals surface area (Å²) in [4.78, 5) is 14.6. The number of esters is 1. The van der Waals surface area contributed by atoms with E-state index in [0.29, 0.717) is 13.2 Å². The largest absolute Gasteiger partial charge is 0.465 e. The Balaban J connectivity index is 2.34. The lowest BCUT2D eigenvalue weighted by atomic mass is 10.4. The first-order valence-electron chi connectivity index (χ1n) is 6.92. The third-order valence-electron chi connectivity index (χ3n) is 2.69. The summed E-state index contributed by atoms with van der Waals surface area (Å²) in [6, 6.07) is 6.47. The molecular formula is C15H22FNO2S. The number of carbonyl (C=O) groups excluding carboxylic acids is 1. The van der Waals surface area contributed by atoms with Gasteiger partial charge >= 0.3 is 5.97 Å². The van der Waals surface area contributed by atoms with Gasteiger partial charge in [0.25, 0.3) is 0 Å². The smallest absolute Gasteiger partial charge is 0.320 e. The van der Waals surface area contributed by atoms with Gasteiger partial charge in [-0.25, -0.2) is 4.39 Å². The molecule has 0 bridgehead atoms. The zero-order valence-corrected chi connectivity index (χ0v) is 12.9. The summed E-state index contributed by atoms with van der Waals surface area (Å²) in [6.07, 6.45) is 1.00. The van der Waals surface area contributed by atoms with Crippen molar-refractivity contribution >= 4 is 17.7 Å². The Morgan fingerprint density at radius 2 is 1.95 bits per heavy atom. The number of halogens is 1. The Hall–Kier alpha value is -1.07. The molecule has 0 saturated carbocycles. The summed E-state index contributed by atoms with van der Waals surface area (Å²) >= 11 is 1.66. The molecule has 20 heavy (non-hydrogen) atoms. The normalized spacial score (nSPS) is 10.8. The molecule has 0 aliphatic heterocycles. The SMILES string of the molecule is CCCN(CCSc1ccc(F)cc1)CC(=O)OCC. The molecule has 0 unspecified atom stereocenters. The summed E-state index contributed by atoms with van der Waals surface area (Å²) in [6.45, 7) is 6.35. The first-order valence-corrected chi connectivity index (χ1v) is 7.90. The van der Waals surface area contributed by atoms with Gasteiger partial charge < -0.3 is 4.74 Å². The van der Waals surface area contributed by atoms with Crippen LogP contribution in [0.4, 0.5) is 4.39 Å². The summed E-state index contributed by atoms with van der Waals surface area (Å²) in [5, 5.41) is 0. The molecule has 0 fully saturated rings. The summed E-state index contributed by atoms with van der Waals surface area (Å²) < 4.78 is 17.8. The molecule has 3 nitrogen and oxygen atoms in total. The van der Waals surface area contributed by atoms with Crippen LogP contribution in [0.15, 0.2) is 29.2 Å². The van der Waals surface area contributed by atoms with Gasteiger partial charge in [0.2, 0.25) is 0 Å². The Morgan fingerprint density at radius 1 is 1.25 bits per heavy atom. The minimum Gasteiger partial charge on any atom is -0.465 e. The van der Waals surface area contributed by atoms with E-state index < -0.39 is 0 Å². The van der Waals surface area contributed by atoms with Gasteiger partial charge in [0.05, 0.1) is 13.2 Å². The highest BCUT2D eigenvalue weighted by Gasteiger charge is 2.10. The number of hydrogen-bond acceptors (Lipinski definition) is 4. The topological polar surface area (TPSA) is 29.5 Å². The number of carbonyl (C=O) groups is 1. The molecule has 0 saturated heterocycles. The number of rotatable bonds is 9.